The molecule has 1 rings (SSSR count). The van der Waals surface area contributed by atoms with Crippen LogP contribution in [0.2, 0.25) is 0 Å². The van der Waals surface area contributed by atoms with Crippen LogP contribution in [0.5, 0.6) is 0 Å². The molecule has 1 unspecified atom stereocenters. The topological polar surface area (TPSA) is 52.6 Å². The minimum Gasteiger partial charge on any atom is -0.461 e. The van der Waals surface area contributed by atoms with Crippen molar-refractivity contribution in [3.8, 4) is 0 Å². The van der Waals surface area contributed by atoms with Gasteiger partial charge in [0.05, 0.1) is 0 Å². The van der Waals surface area contributed by atoms with Gasteiger partial charge in [-0.05, 0) is 11.1 Å². The second-order valence-electron chi connectivity index (χ2n) is 5.34. The van der Waals surface area contributed by atoms with Gasteiger partial charge in [0.1, 0.15) is 13.2 Å². The number of rotatable bonds is 8. The van der Waals surface area contributed by atoms with Crippen LogP contribution in [0.3, 0.4) is 0 Å². The van der Waals surface area contributed by atoms with Crippen LogP contribution in [0, 0.1) is 0 Å². The molecule has 0 saturated carbocycles. The van der Waals surface area contributed by atoms with Gasteiger partial charge in [-0.15, -0.1) is 0 Å². The molecule has 4 nitrogen and oxygen atoms in total. The van der Waals surface area contributed by atoms with E-state index in [0.29, 0.717) is 5.56 Å². The first-order valence-electron chi connectivity index (χ1n) is 6.92. The van der Waals surface area contributed by atoms with E-state index in [9.17, 15) is 29.0 Å². The molecule has 0 aliphatic rings. The van der Waals surface area contributed by atoms with Gasteiger partial charge in [0.25, 0.3) is 10.2 Å². The van der Waals surface area contributed by atoms with E-state index in [-0.39, 0.29) is 0 Å². The summed E-state index contributed by atoms with van der Waals surface area (Å²) in [6.07, 6.45) is -1.43. The first-order chi connectivity index (χ1) is 11.2. The van der Waals surface area contributed by atoms with Crippen LogP contribution in [-0.4, -0.2) is 23.8 Å². The molecule has 0 aliphatic heterocycles. The molecule has 0 aliphatic carbocycles. The van der Waals surface area contributed by atoms with E-state index in [2.05, 4.69) is 16.1 Å². The molecule has 1 aromatic carbocycles. The average Bonchev–Trinajstić information content (AvgIpc) is 2.46. The summed E-state index contributed by atoms with van der Waals surface area (Å²) in [7, 11) is -10.2. The van der Waals surface area contributed by atoms with Crippen molar-refractivity contribution in [3.05, 3.63) is 48.0 Å². The zero-order chi connectivity index (χ0) is 19.4. The van der Waals surface area contributed by atoms with Crippen molar-refractivity contribution < 1.29 is 38.5 Å². The third kappa shape index (κ3) is 7.55. The molecule has 10 heteroatoms. The predicted molar refractivity (Wildman–Crippen MR) is 83.5 cm³/mol. The maximum absolute atomic E-state index is 13.2. The number of carbonyl (C=O) groups is 2. The summed E-state index contributed by atoms with van der Waals surface area (Å²) in [5, 5.41) is -3.66. The van der Waals surface area contributed by atoms with Crippen molar-refractivity contribution in [2.75, 3.05) is 6.61 Å². The second-order valence-corrected chi connectivity index (χ2v) is 7.97. The summed E-state index contributed by atoms with van der Waals surface area (Å²) >= 11 is 0. The van der Waals surface area contributed by atoms with Crippen LogP contribution < -0.4 is 0 Å². The molecule has 0 aromatic heterocycles. The Balaban J connectivity index is 2.90. The summed E-state index contributed by atoms with van der Waals surface area (Å²) in [5.74, 6) is -2.93. The van der Waals surface area contributed by atoms with E-state index >= 15 is 0 Å². The standard InChI is InChI=1S/C15H17F5O4S/c1-11(9-23-12(2)21)8-14(25(16,17,18,19)20)15(22)24-10-13-6-4-3-5-7-13/h3-7,14H,1,8-10H2,2H3. The lowest BCUT2D eigenvalue weighted by Gasteiger charge is -2.45. The van der Waals surface area contributed by atoms with E-state index in [0.717, 1.165) is 6.92 Å². The van der Waals surface area contributed by atoms with Crippen molar-refractivity contribution in [1.82, 2.24) is 0 Å². The maximum Gasteiger partial charge on any atom is 0.329 e. The number of benzene rings is 1. The third-order valence-corrected chi connectivity index (χ3v) is 4.41. The number of ether oxygens (including phenoxy) is 2. The highest BCUT2D eigenvalue weighted by molar-refractivity contribution is 8.46. The predicted octanol–water partition coefficient (Wildman–Crippen LogP) is 4.91. The van der Waals surface area contributed by atoms with Crippen LogP contribution in [0.15, 0.2) is 42.5 Å². The molecule has 0 spiro atoms. The number of hydrogen-bond donors (Lipinski definition) is 0. The zero-order valence-electron chi connectivity index (χ0n) is 13.2. The molecule has 0 amide bonds. The lowest BCUT2D eigenvalue weighted by molar-refractivity contribution is -0.145. The summed E-state index contributed by atoms with van der Waals surface area (Å²) in [6.45, 7) is 2.85. The molecular formula is C15H17F5O4S. The van der Waals surface area contributed by atoms with Crippen LogP contribution in [0.4, 0.5) is 19.4 Å². The lowest BCUT2D eigenvalue weighted by Crippen LogP contribution is -2.35. The van der Waals surface area contributed by atoms with Gasteiger partial charge >= 0.3 is 11.9 Å². The Morgan fingerprint density at radius 2 is 1.64 bits per heavy atom. The van der Waals surface area contributed by atoms with Crippen LogP contribution in [0.1, 0.15) is 18.9 Å². The molecule has 25 heavy (non-hydrogen) atoms. The van der Waals surface area contributed by atoms with Gasteiger partial charge in [-0.1, -0.05) is 56.3 Å². The number of esters is 2. The third-order valence-electron chi connectivity index (χ3n) is 2.98. The van der Waals surface area contributed by atoms with E-state index in [1.165, 1.54) is 12.1 Å². The van der Waals surface area contributed by atoms with E-state index < -0.39 is 52.6 Å². The Kier molecular flexibility index (Phi) is 5.58. The summed E-state index contributed by atoms with van der Waals surface area (Å²) in [6, 6.07) is 7.64. The second kappa shape index (κ2) is 6.66. The molecule has 142 valence electrons. The molecule has 1 atom stereocenters. The van der Waals surface area contributed by atoms with Crippen molar-refractivity contribution >= 4 is 22.2 Å². The molecule has 0 N–H and O–H groups in total. The quantitative estimate of drug-likeness (QED) is 0.361. The van der Waals surface area contributed by atoms with E-state index in [4.69, 9.17) is 0 Å². The summed E-state index contributed by atoms with van der Waals surface area (Å²) in [5.41, 5.74) is -0.138. The Labute approximate surface area is 141 Å². The fourth-order valence-corrected chi connectivity index (χ4v) is 2.75. The molecule has 0 bridgehead atoms. The molecule has 0 radical (unpaired) electrons. The van der Waals surface area contributed by atoms with Crippen molar-refractivity contribution in [2.45, 2.75) is 25.2 Å². The smallest absolute Gasteiger partial charge is 0.329 e. The molecule has 0 heterocycles. The Hall–Kier alpha value is -2.10. The summed E-state index contributed by atoms with van der Waals surface area (Å²) < 4.78 is 74.6. The first-order valence-corrected chi connectivity index (χ1v) is 8.94. The maximum atomic E-state index is 13.2. The number of halogens is 5. The highest BCUT2D eigenvalue weighted by atomic mass is 32.5. The van der Waals surface area contributed by atoms with Crippen molar-refractivity contribution in [2.24, 2.45) is 0 Å². The largest absolute Gasteiger partial charge is 0.461 e. The molecule has 1 aromatic rings. The monoisotopic (exact) mass is 388 g/mol. The SMILES string of the molecule is C=C(COC(C)=O)CC(C(=O)OCc1ccccc1)S(F)(F)(F)(F)F. The normalized spacial score (nSPS) is 15.4. The van der Waals surface area contributed by atoms with Gasteiger partial charge in [-0.25, -0.2) is 0 Å². The Morgan fingerprint density at radius 3 is 2.12 bits per heavy atom. The van der Waals surface area contributed by atoms with Crippen molar-refractivity contribution in [1.29, 1.82) is 0 Å². The van der Waals surface area contributed by atoms with Crippen molar-refractivity contribution in [3.63, 3.8) is 0 Å². The number of carbonyl (C=O) groups excluding carboxylic acids is 2. The highest BCUT2D eigenvalue weighted by Gasteiger charge is 2.73. The van der Waals surface area contributed by atoms with E-state index in [1.807, 2.05) is 0 Å². The fourth-order valence-electron chi connectivity index (χ4n) is 1.77. The van der Waals surface area contributed by atoms with Crippen LogP contribution in [0.25, 0.3) is 0 Å². The lowest BCUT2D eigenvalue weighted by atomic mass is 10.1. The molecular weight excluding hydrogens is 371 g/mol. The van der Waals surface area contributed by atoms with Gasteiger partial charge < -0.3 is 9.47 Å². The Morgan fingerprint density at radius 1 is 1.08 bits per heavy atom. The van der Waals surface area contributed by atoms with E-state index in [1.54, 1.807) is 18.2 Å². The first kappa shape index (κ1) is 20.9. The fraction of sp³-hybridized carbons (Fsp3) is 0.333. The summed E-state index contributed by atoms with van der Waals surface area (Å²) in [4.78, 5) is 22.3. The molecule has 0 fully saturated rings. The zero-order valence-corrected chi connectivity index (χ0v) is 14.0. The minimum atomic E-state index is -10.2. The van der Waals surface area contributed by atoms with Crippen LogP contribution in [-0.2, 0) is 25.7 Å². The van der Waals surface area contributed by atoms with Gasteiger partial charge in [0.2, 0.25) is 0 Å². The average molecular weight is 388 g/mol. The highest BCUT2D eigenvalue weighted by Crippen LogP contribution is 3.00. The van der Waals surface area contributed by atoms with Gasteiger partial charge in [0.15, 0.2) is 5.25 Å². The minimum absolute atomic E-state index is 0.343. The van der Waals surface area contributed by atoms with Gasteiger partial charge in [0, 0.05) is 13.3 Å². The van der Waals surface area contributed by atoms with Crippen LogP contribution >= 0.6 is 10.2 Å². The van der Waals surface area contributed by atoms with Gasteiger partial charge in [-0.3, -0.25) is 9.59 Å². The van der Waals surface area contributed by atoms with Gasteiger partial charge in [-0.2, -0.15) is 0 Å². The number of hydrogen-bond acceptors (Lipinski definition) is 4. The Bertz CT molecular complexity index is 658. The molecule has 0 saturated heterocycles.